The Morgan fingerprint density at radius 3 is 2.71 bits per heavy atom. The molecule has 0 aliphatic heterocycles. The van der Waals surface area contributed by atoms with E-state index in [0.717, 1.165) is 29.9 Å². The van der Waals surface area contributed by atoms with Crippen molar-refractivity contribution in [2.75, 3.05) is 20.6 Å². The van der Waals surface area contributed by atoms with Crippen molar-refractivity contribution in [2.24, 2.45) is 5.73 Å². The van der Waals surface area contributed by atoms with E-state index in [1.165, 1.54) is 0 Å². The Balaban J connectivity index is 2.36. The third-order valence-corrected chi connectivity index (χ3v) is 3.99. The average Bonchev–Trinajstić information content (AvgIpc) is 2.79. The molecule has 4 nitrogen and oxygen atoms in total. The van der Waals surface area contributed by atoms with Crippen molar-refractivity contribution >= 4 is 23.2 Å². The van der Waals surface area contributed by atoms with E-state index in [4.69, 9.17) is 28.9 Å². The summed E-state index contributed by atoms with van der Waals surface area (Å²) in [6, 6.07) is 5.37. The summed E-state index contributed by atoms with van der Waals surface area (Å²) >= 11 is 12.4. The molecule has 114 valence electrons. The third kappa shape index (κ3) is 3.77. The van der Waals surface area contributed by atoms with Crippen LogP contribution in [-0.4, -0.2) is 35.3 Å². The second kappa shape index (κ2) is 6.79. The van der Waals surface area contributed by atoms with Gasteiger partial charge in [-0.25, -0.2) is 0 Å². The number of halogens is 2. The maximum atomic E-state index is 6.42. The highest BCUT2D eigenvalue weighted by Gasteiger charge is 2.20. The van der Waals surface area contributed by atoms with Crippen molar-refractivity contribution in [3.8, 4) is 0 Å². The number of likely N-dealkylation sites (N-methyl/N-ethyl adjacent to an activating group) is 1. The van der Waals surface area contributed by atoms with Gasteiger partial charge in [0.25, 0.3) is 0 Å². The fourth-order valence-electron chi connectivity index (χ4n) is 2.25. The third-order valence-electron chi connectivity index (χ3n) is 3.46. The Bertz CT molecular complexity index is 622. The largest absolute Gasteiger partial charge is 0.319 e. The summed E-state index contributed by atoms with van der Waals surface area (Å²) in [6.07, 6.45) is 1.65. The molecule has 1 unspecified atom stereocenters. The zero-order valence-electron chi connectivity index (χ0n) is 12.5. The van der Waals surface area contributed by atoms with Crippen LogP contribution in [0.1, 0.15) is 22.9 Å². The lowest BCUT2D eigenvalue weighted by atomic mass is 9.99. The van der Waals surface area contributed by atoms with E-state index in [-0.39, 0.29) is 6.04 Å². The second-order valence-corrected chi connectivity index (χ2v) is 6.23. The molecular weight excluding hydrogens is 307 g/mol. The van der Waals surface area contributed by atoms with E-state index in [9.17, 15) is 0 Å². The van der Waals surface area contributed by atoms with Gasteiger partial charge in [0.05, 0.1) is 29.5 Å². The molecule has 0 bridgehead atoms. The molecule has 1 aromatic carbocycles. The molecule has 2 rings (SSSR count). The van der Waals surface area contributed by atoms with E-state index in [1.807, 2.05) is 43.9 Å². The lowest BCUT2D eigenvalue weighted by Crippen LogP contribution is -2.24. The lowest BCUT2D eigenvalue weighted by Gasteiger charge is -2.19. The van der Waals surface area contributed by atoms with Crippen LogP contribution in [0.5, 0.6) is 0 Å². The quantitative estimate of drug-likeness (QED) is 0.918. The monoisotopic (exact) mass is 326 g/mol. The van der Waals surface area contributed by atoms with E-state index >= 15 is 0 Å². The van der Waals surface area contributed by atoms with E-state index in [2.05, 4.69) is 10.00 Å². The Labute approximate surface area is 135 Å². The molecule has 2 N–H and O–H groups in total. The molecule has 0 saturated carbocycles. The van der Waals surface area contributed by atoms with Gasteiger partial charge in [-0.3, -0.25) is 4.68 Å². The maximum absolute atomic E-state index is 6.42. The summed E-state index contributed by atoms with van der Waals surface area (Å²) in [7, 11) is 4.04. The minimum atomic E-state index is -0.346. The molecule has 0 aliphatic carbocycles. The number of aromatic nitrogens is 2. The van der Waals surface area contributed by atoms with Crippen LogP contribution in [-0.2, 0) is 6.54 Å². The SMILES string of the molecule is Cc1ccc(Cl)cc1C(N)c1c(Cl)cnn1CCN(C)C. The van der Waals surface area contributed by atoms with Gasteiger partial charge in [0.2, 0.25) is 0 Å². The number of nitrogens with two attached hydrogens (primary N) is 1. The summed E-state index contributed by atoms with van der Waals surface area (Å²) in [5.41, 5.74) is 9.30. The highest BCUT2D eigenvalue weighted by molar-refractivity contribution is 6.31. The standard InChI is InChI=1S/C15H20Cl2N4/c1-10-4-5-11(16)8-12(10)14(18)15-13(17)9-19-21(15)7-6-20(2)3/h4-5,8-9,14H,6-7,18H2,1-3H3. The van der Waals surface area contributed by atoms with Crippen LogP contribution < -0.4 is 5.73 Å². The number of aryl methyl sites for hydroxylation is 1. The molecule has 0 fully saturated rings. The molecule has 0 radical (unpaired) electrons. The second-order valence-electron chi connectivity index (χ2n) is 5.38. The van der Waals surface area contributed by atoms with Crippen molar-refractivity contribution < 1.29 is 0 Å². The number of nitrogens with zero attached hydrogens (tertiary/aromatic N) is 3. The first kappa shape index (κ1) is 16.3. The molecule has 2 aromatic rings. The predicted molar refractivity (Wildman–Crippen MR) is 88.0 cm³/mol. The first-order chi connectivity index (χ1) is 9.90. The van der Waals surface area contributed by atoms with Crippen molar-refractivity contribution in [1.82, 2.24) is 14.7 Å². The van der Waals surface area contributed by atoms with Crippen LogP contribution in [0.4, 0.5) is 0 Å². The molecule has 21 heavy (non-hydrogen) atoms. The molecule has 6 heteroatoms. The Morgan fingerprint density at radius 1 is 1.33 bits per heavy atom. The number of hydrogen-bond acceptors (Lipinski definition) is 3. The van der Waals surface area contributed by atoms with Crippen LogP contribution in [0.15, 0.2) is 24.4 Å². The van der Waals surface area contributed by atoms with E-state index < -0.39 is 0 Å². The number of benzene rings is 1. The van der Waals surface area contributed by atoms with Crippen molar-refractivity contribution in [1.29, 1.82) is 0 Å². The normalized spacial score (nSPS) is 12.9. The highest BCUT2D eigenvalue weighted by atomic mass is 35.5. The zero-order valence-corrected chi connectivity index (χ0v) is 14.0. The van der Waals surface area contributed by atoms with E-state index in [0.29, 0.717) is 10.0 Å². The Hall–Kier alpha value is -1.07. The molecule has 0 aliphatic rings. The molecule has 0 spiro atoms. The van der Waals surface area contributed by atoms with Gasteiger partial charge in [-0.1, -0.05) is 29.3 Å². The van der Waals surface area contributed by atoms with Gasteiger partial charge in [0.1, 0.15) is 0 Å². The van der Waals surface area contributed by atoms with E-state index in [1.54, 1.807) is 6.20 Å². The fourth-order valence-corrected chi connectivity index (χ4v) is 2.69. The molecule has 0 saturated heterocycles. The molecule has 1 aromatic heterocycles. The predicted octanol–water partition coefficient (Wildman–Crippen LogP) is 3.11. The van der Waals surface area contributed by atoms with Gasteiger partial charge >= 0.3 is 0 Å². The minimum Gasteiger partial charge on any atom is -0.319 e. The number of rotatable bonds is 5. The van der Waals surface area contributed by atoms with Gasteiger partial charge in [0.15, 0.2) is 0 Å². The summed E-state index contributed by atoms with van der Waals surface area (Å²) in [5, 5.41) is 5.58. The average molecular weight is 327 g/mol. The minimum absolute atomic E-state index is 0.346. The van der Waals surface area contributed by atoms with Gasteiger partial charge in [-0.05, 0) is 44.3 Å². The van der Waals surface area contributed by atoms with Crippen LogP contribution in [0.2, 0.25) is 10.0 Å². The van der Waals surface area contributed by atoms with Crippen LogP contribution >= 0.6 is 23.2 Å². The van der Waals surface area contributed by atoms with Crippen molar-refractivity contribution in [3.63, 3.8) is 0 Å². The Kier molecular flexibility index (Phi) is 5.27. The lowest BCUT2D eigenvalue weighted by molar-refractivity contribution is 0.368. The Morgan fingerprint density at radius 2 is 2.05 bits per heavy atom. The van der Waals surface area contributed by atoms with Gasteiger partial charge in [0, 0.05) is 11.6 Å². The fraction of sp³-hybridized carbons (Fsp3) is 0.400. The smallest absolute Gasteiger partial charge is 0.0837 e. The summed E-state index contributed by atoms with van der Waals surface area (Å²) in [4.78, 5) is 2.09. The van der Waals surface area contributed by atoms with Crippen LogP contribution in [0.3, 0.4) is 0 Å². The summed E-state index contributed by atoms with van der Waals surface area (Å²) < 4.78 is 1.87. The first-order valence-corrected chi connectivity index (χ1v) is 7.53. The molecular formula is C15H20Cl2N4. The molecule has 1 heterocycles. The van der Waals surface area contributed by atoms with Gasteiger partial charge in [-0.15, -0.1) is 0 Å². The first-order valence-electron chi connectivity index (χ1n) is 6.77. The highest BCUT2D eigenvalue weighted by Crippen LogP contribution is 2.29. The van der Waals surface area contributed by atoms with Gasteiger partial charge in [-0.2, -0.15) is 5.10 Å². The summed E-state index contributed by atoms with van der Waals surface area (Å²) in [5.74, 6) is 0. The van der Waals surface area contributed by atoms with Crippen LogP contribution in [0, 0.1) is 6.92 Å². The topological polar surface area (TPSA) is 47.1 Å². The van der Waals surface area contributed by atoms with Gasteiger partial charge < -0.3 is 10.6 Å². The van der Waals surface area contributed by atoms with Crippen molar-refractivity contribution in [2.45, 2.75) is 19.5 Å². The number of hydrogen-bond donors (Lipinski definition) is 1. The molecule has 0 amide bonds. The molecule has 1 atom stereocenters. The van der Waals surface area contributed by atoms with Crippen molar-refractivity contribution in [3.05, 3.63) is 51.3 Å². The summed E-state index contributed by atoms with van der Waals surface area (Å²) in [6.45, 7) is 3.62. The zero-order chi connectivity index (χ0) is 15.6. The van der Waals surface area contributed by atoms with Crippen LogP contribution in [0.25, 0.3) is 0 Å². The maximum Gasteiger partial charge on any atom is 0.0837 e.